The van der Waals surface area contributed by atoms with E-state index in [0.29, 0.717) is 16.3 Å². The number of sulfonamides is 3. The van der Waals surface area contributed by atoms with Crippen molar-refractivity contribution in [1.82, 2.24) is 13.7 Å². The fourth-order valence-corrected chi connectivity index (χ4v) is 12.7. The Morgan fingerprint density at radius 1 is 0.413 bits per heavy atom. The first-order valence-corrected chi connectivity index (χ1v) is 38.3. The Kier molecular flexibility index (Phi) is 26.7. The average molecular weight is 1840 g/mol. The van der Waals surface area contributed by atoms with Crippen LogP contribution in [0.4, 0.5) is 73.5 Å². The summed E-state index contributed by atoms with van der Waals surface area (Å²) in [6.07, 6.45) is 0. The summed E-state index contributed by atoms with van der Waals surface area (Å²) in [5.74, 6) is -10.7. The molecule has 3 aromatic heterocycles. The van der Waals surface area contributed by atoms with E-state index in [4.69, 9.17) is 31.4 Å². The summed E-state index contributed by atoms with van der Waals surface area (Å²) >= 11 is 5.78. The average Bonchev–Trinajstić information content (AvgIpc) is 0.764. The largest absolute Gasteiger partial charge is 0.456 e. The van der Waals surface area contributed by atoms with Crippen molar-refractivity contribution in [3.8, 4) is 34.5 Å². The van der Waals surface area contributed by atoms with E-state index < -0.39 is 116 Å². The number of halogens is 8. The van der Waals surface area contributed by atoms with Gasteiger partial charge in [-0.1, -0.05) is 18.2 Å². The number of hydrogen-bond acceptors (Lipinski definition) is 18. The highest BCUT2D eigenvalue weighted by Crippen LogP contribution is 2.40. The van der Waals surface area contributed by atoms with Gasteiger partial charge in [0.1, 0.15) is 74.6 Å². The van der Waals surface area contributed by atoms with Crippen LogP contribution in [0.1, 0.15) is 68.5 Å². The van der Waals surface area contributed by atoms with Gasteiger partial charge in [-0.3, -0.25) is 56.6 Å². The lowest BCUT2D eigenvalue weighted by molar-refractivity contribution is 0.0988. The van der Waals surface area contributed by atoms with E-state index in [9.17, 15) is 67.2 Å². The number of pyridine rings is 3. The number of hydrogen-bond donors (Lipinski definition) is 9. The zero-order valence-electron chi connectivity index (χ0n) is 56.0. The number of nitrogens with zero attached hydrogens (tertiary/aromatic N) is 3. The Morgan fingerprint density at radius 3 is 0.981 bits per heavy atom. The molecule has 0 bridgehead atoms. The maximum absolute atomic E-state index is 15.1. The van der Waals surface area contributed by atoms with Crippen LogP contribution in [-0.4, -0.2) is 73.9 Å². The molecule has 0 radical (unpaired) electrons. The molecular weight excluding hydrogens is 1770 g/mol. The molecule has 0 aliphatic rings. The summed E-state index contributed by atoms with van der Waals surface area (Å²) in [5.41, 5.74) is 13.9. The molecule has 0 spiro atoms. The molecule has 0 atom stereocenters. The summed E-state index contributed by atoms with van der Waals surface area (Å²) in [6, 6.07) is 27.1. The van der Waals surface area contributed by atoms with Crippen molar-refractivity contribution in [2.24, 2.45) is 38.3 Å². The highest BCUT2D eigenvalue weighted by atomic mass is 127. The minimum Gasteiger partial charge on any atom is -0.456 e. The number of rotatable bonds is 24. The van der Waals surface area contributed by atoms with Gasteiger partial charge in [-0.2, -0.15) is 8.78 Å². The lowest BCUT2D eigenvalue weighted by Crippen LogP contribution is -2.28. The number of amides is 3. The molecule has 0 aliphatic heterocycles. The second kappa shape index (κ2) is 33.9. The highest BCUT2D eigenvalue weighted by Gasteiger charge is 2.31. The Bertz CT molecular complexity index is 5260. The number of benzene rings is 6. The molecule has 9 aromatic rings. The van der Waals surface area contributed by atoms with Crippen LogP contribution in [0.2, 0.25) is 0 Å². The van der Waals surface area contributed by atoms with Crippen LogP contribution < -0.4 is 78.2 Å². The highest BCUT2D eigenvalue weighted by molar-refractivity contribution is 14.1. The van der Waals surface area contributed by atoms with Gasteiger partial charge in [-0.15, -0.1) is 0 Å². The maximum Gasteiger partial charge on any atom is 0.291 e. The number of primary amides is 3. The number of anilines is 9. The van der Waals surface area contributed by atoms with Crippen LogP contribution in [0.5, 0.6) is 34.5 Å². The third-order valence-corrected chi connectivity index (χ3v) is 21.0. The Morgan fingerprint density at radius 2 is 0.702 bits per heavy atom. The van der Waals surface area contributed by atoms with Gasteiger partial charge < -0.3 is 47.4 Å². The number of nitrogens with two attached hydrogens (primary N) is 3. The lowest BCUT2D eigenvalue weighted by Gasteiger charge is -2.20. The molecule has 3 amide bonds. The molecule has 0 aliphatic carbocycles. The smallest absolute Gasteiger partial charge is 0.291 e. The van der Waals surface area contributed by atoms with Crippen molar-refractivity contribution in [2.75, 3.05) is 47.4 Å². The zero-order valence-corrected chi connectivity index (χ0v) is 65.0. The number of ether oxygens (including phenoxy) is 3. The van der Waals surface area contributed by atoms with Crippen molar-refractivity contribution in [3.05, 3.63) is 219 Å². The minimum absolute atomic E-state index is 0.0298. The monoisotopic (exact) mass is 1840 g/mol. The third kappa shape index (κ3) is 19.4. The lowest BCUT2D eigenvalue weighted by atomic mass is 10.1. The molecule has 27 nitrogen and oxygen atoms in total. The molecule has 0 fully saturated rings. The van der Waals surface area contributed by atoms with E-state index in [1.165, 1.54) is 129 Å². The van der Waals surface area contributed by atoms with E-state index in [1.54, 1.807) is 43.3 Å². The van der Waals surface area contributed by atoms with Crippen LogP contribution in [0.3, 0.4) is 0 Å². The fourth-order valence-electron chi connectivity index (χ4n) is 9.26. The van der Waals surface area contributed by atoms with Crippen molar-refractivity contribution < 1.29 is 75.8 Å². The van der Waals surface area contributed by atoms with Crippen LogP contribution in [0.25, 0.3) is 0 Å². The predicted octanol–water partition coefficient (Wildman–Crippen LogP) is 11.8. The van der Waals surface area contributed by atoms with E-state index in [2.05, 4.69) is 30.1 Å². The van der Waals surface area contributed by atoms with Crippen molar-refractivity contribution in [3.63, 3.8) is 0 Å². The molecule has 0 unspecified atom stereocenters. The van der Waals surface area contributed by atoms with E-state index in [1.807, 2.05) is 67.8 Å². The SMILES string of the molecule is CCS(=O)(=O)Nc1cccc(Oc2c(C(N)=O)c(Nc3ccc(I)cc3F)n(C)c(=O)c2F)c1C.CCS(=O)(=O)Nc1cccc(Oc2c(C(N)=O)c(Nc3ccc(I)cc3F)n(C)c(=O)c2F)c1C.CCS(=O)(=O)Nc1cccc(Oc2cc(=O)n(C)c(Nc3ccc(I)cc3F)c2C(N)=O)c1C. The molecular formula is C66H64F5I3N12O15S3. The first-order chi connectivity index (χ1) is 48.6. The number of nitrogens with one attached hydrogen (secondary N) is 6. The molecule has 38 heteroatoms. The molecule has 104 heavy (non-hydrogen) atoms. The number of aromatic nitrogens is 3. The van der Waals surface area contributed by atoms with E-state index in [-0.39, 0.29) is 109 Å². The second-order valence-electron chi connectivity index (χ2n) is 22.0. The van der Waals surface area contributed by atoms with E-state index in [0.717, 1.165) is 19.8 Å². The molecule has 552 valence electrons. The number of carbonyl (C=O) groups excluding carboxylic acids is 3. The van der Waals surface area contributed by atoms with Gasteiger partial charge in [0.05, 0.1) is 51.4 Å². The Balaban J connectivity index is 0.000000218. The van der Waals surface area contributed by atoms with Gasteiger partial charge in [0, 0.05) is 54.6 Å². The normalized spacial score (nSPS) is 11.2. The summed E-state index contributed by atoms with van der Waals surface area (Å²) in [7, 11) is -7.04. The predicted molar refractivity (Wildman–Crippen MR) is 411 cm³/mol. The molecule has 12 N–H and O–H groups in total. The van der Waals surface area contributed by atoms with Gasteiger partial charge in [-0.25, -0.2) is 38.4 Å². The standard InChI is InChI=1S/2C22H21F2IN4O5S.C22H22FIN4O5S/c2*1-4-35(32,33)28-14-6-5-7-16(11(14)2)34-19-17(20(26)30)21(29(3)22(31)18(19)24)27-15-9-8-12(25)10-13(15)23;1-4-34(31,32)27-15-6-5-7-17(12(15)2)33-18-11-19(29)28(3)22(20(18)21(25)30)26-16-9-8-13(24)10-14(16)23/h2*5-10,27-28H,4H2,1-3H3,(H2,26,30);5-11,26-27H,4H2,1-3H3,(H2,25,30). The van der Waals surface area contributed by atoms with Crippen molar-refractivity contribution >= 4 is 167 Å². The van der Waals surface area contributed by atoms with Gasteiger partial charge in [-0.05, 0) is 200 Å². The fraction of sp³-hybridized carbons (Fsp3) is 0.182. The molecule has 3 heterocycles. The first kappa shape index (κ1) is 81.8. The maximum atomic E-state index is 15.1. The molecule has 0 saturated heterocycles. The van der Waals surface area contributed by atoms with Crippen molar-refractivity contribution in [1.29, 1.82) is 0 Å². The summed E-state index contributed by atoms with van der Waals surface area (Å²) in [6.45, 7) is 9.04. The van der Waals surface area contributed by atoms with Crippen LogP contribution in [0, 0.1) is 60.6 Å². The van der Waals surface area contributed by atoms with E-state index >= 15 is 8.78 Å². The molecule has 6 aromatic carbocycles. The summed E-state index contributed by atoms with van der Waals surface area (Å²) in [5, 5.41) is 8.01. The van der Waals surface area contributed by atoms with Gasteiger partial charge in [0.2, 0.25) is 41.7 Å². The van der Waals surface area contributed by atoms with Gasteiger partial charge in [0.25, 0.3) is 34.4 Å². The topological polar surface area (TPSA) is 398 Å². The van der Waals surface area contributed by atoms with Crippen LogP contribution >= 0.6 is 67.8 Å². The molecule has 0 saturated carbocycles. The zero-order chi connectivity index (χ0) is 77.4. The summed E-state index contributed by atoms with van der Waals surface area (Å²) in [4.78, 5) is 75.0. The first-order valence-electron chi connectivity index (χ1n) is 30.1. The van der Waals surface area contributed by atoms with Crippen molar-refractivity contribution in [2.45, 2.75) is 41.5 Å². The van der Waals surface area contributed by atoms with Gasteiger partial charge in [0.15, 0.2) is 11.5 Å². The minimum atomic E-state index is -3.63. The summed E-state index contributed by atoms with van der Waals surface area (Å²) < 4.78 is 174. The van der Waals surface area contributed by atoms with Crippen LogP contribution in [0.15, 0.2) is 130 Å². The third-order valence-electron chi connectivity index (χ3n) is 15.1. The Labute approximate surface area is 632 Å². The molecule has 9 rings (SSSR count). The Hall–Kier alpha value is -9.53. The number of carbonyl (C=O) groups is 3. The van der Waals surface area contributed by atoms with Crippen LogP contribution in [-0.2, 0) is 51.2 Å². The second-order valence-corrected chi connectivity index (χ2v) is 31.8. The van der Waals surface area contributed by atoms with Gasteiger partial charge >= 0.3 is 0 Å². The quantitative estimate of drug-likeness (QED) is 0.0200.